The van der Waals surface area contributed by atoms with Gasteiger partial charge in [-0.15, -0.1) is 0 Å². The largest absolute Gasteiger partial charge is 0.497 e. The zero-order valence-electron chi connectivity index (χ0n) is 64.1. The van der Waals surface area contributed by atoms with Crippen LogP contribution < -0.4 is 33.6 Å². The summed E-state index contributed by atoms with van der Waals surface area (Å²) in [5.74, 6) is 1.28. The number of hydrogen-bond donors (Lipinski definition) is 0. The number of methoxy groups -OCH3 is 4. The Labute approximate surface area is 635 Å². The molecule has 1 aromatic heterocycles. The Bertz CT molecular complexity index is 4870. The Morgan fingerprint density at radius 2 is 0.648 bits per heavy atom. The van der Waals surface area contributed by atoms with Gasteiger partial charge in [-0.1, -0.05) is 152 Å². The monoisotopic (exact) mass is 1450 g/mol. The van der Waals surface area contributed by atoms with E-state index in [1.807, 2.05) is 268 Å². The van der Waals surface area contributed by atoms with Gasteiger partial charge < -0.3 is 52.6 Å². The van der Waals surface area contributed by atoms with E-state index in [9.17, 15) is 19.2 Å². The number of aromatic nitrogens is 1. The number of hydrogen-bond acceptors (Lipinski definition) is 16. The van der Waals surface area contributed by atoms with Crippen LogP contribution >= 0.6 is 0 Å². The van der Waals surface area contributed by atoms with Gasteiger partial charge in [-0.25, -0.2) is 0 Å². The molecule has 0 amide bonds. The second-order valence-electron chi connectivity index (χ2n) is 26.7. The van der Waals surface area contributed by atoms with Gasteiger partial charge in [0.1, 0.15) is 29.6 Å². The van der Waals surface area contributed by atoms with Crippen molar-refractivity contribution in [2.24, 2.45) is 0 Å². The summed E-state index contributed by atoms with van der Waals surface area (Å²) < 4.78 is 43.0. The predicted molar refractivity (Wildman–Crippen MR) is 436 cm³/mol. The van der Waals surface area contributed by atoms with E-state index >= 15 is 0 Å². The molecule has 0 fully saturated rings. The molecule has 0 aliphatic carbocycles. The van der Waals surface area contributed by atoms with Gasteiger partial charge in [-0.05, 0) is 202 Å². The number of nitrogens with zero attached hydrogens (tertiary/aromatic N) is 4. The first-order valence-electron chi connectivity index (χ1n) is 36.5. The summed E-state index contributed by atoms with van der Waals surface area (Å²) in [6.07, 6.45) is 3.87. The van der Waals surface area contributed by atoms with Crippen molar-refractivity contribution in [3.63, 3.8) is 0 Å². The molecular formula is C92H100N4O12. The number of likely N-dealkylation sites (N-methyl/N-ethyl adjacent to an activating group) is 1. The molecule has 16 heteroatoms. The van der Waals surface area contributed by atoms with Gasteiger partial charge >= 0.3 is 23.9 Å². The highest BCUT2D eigenvalue weighted by molar-refractivity contribution is 5.90. The van der Waals surface area contributed by atoms with E-state index in [0.717, 1.165) is 130 Å². The molecule has 0 N–H and O–H groups in total. The molecule has 560 valence electrons. The molecule has 0 radical (unpaired) electrons. The Hall–Kier alpha value is -11.9. The molecule has 16 nitrogen and oxygen atoms in total. The van der Waals surface area contributed by atoms with Crippen molar-refractivity contribution in [2.75, 3.05) is 111 Å². The van der Waals surface area contributed by atoms with Crippen molar-refractivity contribution >= 4 is 84.0 Å². The lowest BCUT2D eigenvalue weighted by Gasteiger charge is -2.20. The Balaban J connectivity index is 0.000000166. The lowest BCUT2D eigenvalue weighted by Crippen LogP contribution is -2.25. The average Bonchev–Trinajstić information content (AvgIpc) is 0.828. The van der Waals surface area contributed by atoms with Gasteiger partial charge in [-0.3, -0.25) is 24.2 Å². The zero-order valence-corrected chi connectivity index (χ0v) is 64.1. The summed E-state index contributed by atoms with van der Waals surface area (Å²) in [6.45, 7) is 10.5. The number of anilines is 3. The summed E-state index contributed by atoms with van der Waals surface area (Å²) in [5.41, 5.74) is 9.31. The van der Waals surface area contributed by atoms with Gasteiger partial charge in [0.05, 0.1) is 78.5 Å². The van der Waals surface area contributed by atoms with Crippen LogP contribution in [-0.2, 0) is 51.0 Å². The summed E-state index contributed by atoms with van der Waals surface area (Å²) >= 11 is 0. The van der Waals surface area contributed by atoms with E-state index in [4.69, 9.17) is 37.9 Å². The summed E-state index contributed by atoms with van der Waals surface area (Å²) in [7, 11) is 14.7. The number of esters is 4. The van der Waals surface area contributed by atoms with Crippen LogP contribution in [0, 0.1) is 0 Å². The highest BCUT2D eigenvalue weighted by Crippen LogP contribution is 2.31. The van der Waals surface area contributed by atoms with E-state index in [-0.39, 0.29) is 47.5 Å². The highest BCUT2D eigenvalue weighted by Gasteiger charge is 2.22. The van der Waals surface area contributed by atoms with Crippen LogP contribution in [0.25, 0.3) is 43.1 Å². The molecule has 0 saturated carbocycles. The minimum atomic E-state index is -0.310. The highest BCUT2D eigenvalue weighted by atomic mass is 16.5. The number of carbonyl (C=O) groups excluding carboxylic acids is 4. The third-order valence-electron chi connectivity index (χ3n) is 19.1. The molecule has 0 saturated heterocycles. The third-order valence-corrected chi connectivity index (χ3v) is 19.1. The van der Waals surface area contributed by atoms with Crippen LogP contribution in [0.15, 0.2) is 255 Å². The second kappa shape index (κ2) is 40.5. The smallest absolute Gasteiger partial charge is 0.313 e. The van der Waals surface area contributed by atoms with Gasteiger partial charge in [0.25, 0.3) is 0 Å². The first kappa shape index (κ1) is 80.2. The number of ether oxygens (including phenoxy) is 8. The van der Waals surface area contributed by atoms with Gasteiger partial charge in [0.15, 0.2) is 0 Å². The molecule has 12 rings (SSSR count). The minimum Gasteiger partial charge on any atom is -0.497 e. The maximum atomic E-state index is 12.5. The maximum Gasteiger partial charge on any atom is 0.313 e. The average molecular weight is 1450 g/mol. The van der Waals surface area contributed by atoms with Crippen molar-refractivity contribution < 1.29 is 57.1 Å². The number of pyridine rings is 1. The number of fused-ring (bicyclic) bond motifs is 4. The Morgan fingerprint density at radius 1 is 0.324 bits per heavy atom. The molecular weight excluding hydrogens is 1350 g/mol. The molecule has 0 bridgehead atoms. The number of carbonyl (C=O) groups is 4. The number of para-hydroxylation sites is 2. The van der Waals surface area contributed by atoms with Crippen molar-refractivity contribution in [2.45, 2.75) is 70.6 Å². The fourth-order valence-electron chi connectivity index (χ4n) is 12.0. The lowest BCUT2D eigenvalue weighted by atomic mass is 9.98. The van der Waals surface area contributed by atoms with Crippen LogP contribution in [0.5, 0.6) is 23.0 Å². The van der Waals surface area contributed by atoms with Crippen LogP contribution in [0.3, 0.4) is 0 Å². The Kier molecular flexibility index (Phi) is 30.1. The van der Waals surface area contributed by atoms with Crippen LogP contribution in [-0.4, -0.2) is 125 Å². The summed E-state index contributed by atoms with van der Waals surface area (Å²) in [5, 5.41) is 8.67. The molecule has 12 aromatic rings. The van der Waals surface area contributed by atoms with E-state index < -0.39 is 0 Å². The predicted octanol–water partition coefficient (Wildman–Crippen LogP) is 18.6. The van der Waals surface area contributed by atoms with Crippen LogP contribution in [0.2, 0.25) is 0 Å². The van der Waals surface area contributed by atoms with Crippen molar-refractivity contribution in [1.29, 1.82) is 0 Å². The van der Waals surface area contributed by atoms with Crippen molar-refractivity contribution in [3.8, 4) is 23.0 Å². The van der Waals surface area contributed by atoms with E-state index in [1.54, 1.807) is 34.6 Å². The molecule has 108 heavy (non-hydrogen) atoms. The first-order chi connectivity index (χ1) is 52.3. The molecule has 0 spiro atoms. The van der Waals surface area contributed by atoms with Gasteiger partial charge in [-0.2, -0.15) is 0 Å². The SMILES string of the molecule is COc1ccc2cc(C(C)C(=O)OCCCN(C)c3ccccc3)ccc2c1.COc1ccc2cc(C(C)C(=O)OCCN(C)c3ccccc3)ccc2c1.COc1ccc2cc(C(C)C(=O)OCCc3ccc(N(C)C)cc3)ccc2c1.COc1ccc2cc(C(C)C(=O)OCCc3ccccn3)ccc2c1. The quantitative estimate of drug-likeness (QED) is 0.0258. The topological polar surface area (TPSA) is 165 Å². The fraction of sp³-hybridized carbons (Fsp3) is 0.272. The lowest BCUT2D eigenvalue weighted by molar-refractivity contribution is -0.145. The summed E-state index contributed by atoms with van der Waals surface area (Å²) in [6, 6.07) is 82.0. The molecule has 4 unspecified atom stereocenters. The molecule has 0 aliphatic rings. The van der Waals surface area contributed by atoms with Crippen LogP contribution in [0.4, 0.5) is 17.1 Å². The standard InChI is InChI=1S/2C24H27NO3.C23H25NO3.C21H21NO3/c1-17(19-7-8-21-16-23(27-4)12-9-20(21)15-19)24(26)28-14-13-18-5-10-22(11-6-18)25(2)3;1-18(19-10-11-21-17-23(27-3)13-12-20(21)16-19)24(26)28-15-7-14-25(2)22-8-5-4-6-9-22;1-17(18-9-10-20-16-22(26-3)12-11-19(20)15-18)23(25)27-14-13-24(2)21-7-5-4-6-8-21;1-15(21(23)25-12-10-19-5-3-4-11-22-19)16-6-7-18-14-20(24-2)9-8-17(18)13-16/h5-12,15-17H,13-14H2,1-4H3;4-6,8-13,16-18H,7,14-15H2,1-3H3;4-12,15-17H,13-14H2,1-3H3;3-9,11,13-15H,10,12H2,1-2H3. The van der Waals surface area contributed by atoms with Crippen molar-refractivity contribution in [1.82, 2.24) is 4.98 Å². The fourth-order valence-corrected chi connectivity index (χ4v) is 12.0. The zero-order chi connectivity index (χ0) is 76.9. The normalized spacial score (nSPS) is 11.9. The number of rotatable bonds is 28. The van der Waals surface area contributed by atoms with Crippen LogP contribution in [0.1, 0.15) is 91.3 Å². The van der Waals surface area contributed by atoms with E-state index in [0.29, 0.717) is 45.8 Å². The van der Waals surface area contributed by atoms with E-state index in [1.165, 1.54) is 0 Å². The third kappa shape index (κ3) is 23.3. The number of benzene rings is 11. The van der Waals surface area contributed by atoms with Gasteiger partial charge in [0.2, 0.25) is 0 Å². The van der Waals surface area contributed by atoms with Gasteiger partial charge in [0, 0.05) is 76.5 Å². The Morgan fingerprint density at radius 3 is 1.00 bits per heavy atom. The maximum absolute atomic E-state index is 12.5. The molecule has 11 aromatic carbocycles. The molecule has 1 heterocycles. The first-order valence-corrected chi connectivity index (χ1v) is 36.5. The minimum absolute atomic E-state index is 0.185. The second-order valence-corrected chi connectivity index (χ2v) is 26.7. The molecule has 4 atom stereocenters. The summed E-state index contributed by atoms with van der Waals surface area (Å²) in [4.78, 5) is 60.2. The van der Waals surface area contributed by atoms with E-state index in [2.05, 4.69) is 56.1 Å². The molecule has 0 aliphatic heterocycles. The van der Waals surface area contributed by atoms with Crippen molar-refractivity contribution in [3.05, 3.63) is 288 Å².